The minimum atomic E-state index is -0.772. The molecule has 0 aromatic heterocycles. The zero-order chi connectivity index (χ0) is 12.1. The summed E-state index contributed by atoms with van der Waals surface area (Å²) < 4.78 is 0. The van der Waals surface area contributed by atoms with E-state index in [0.29, 0.717) is 22.8 Å². The molecule has 2 nitrogen and oxygen atoms in total. The molecule has 3 fully saturated rings. The lowest BCUT2D eigenvalue weighted by Gasteiger charge is -2.61. The van der Waals surface area contributed by atoms with E-state index in [1.165, 1.54) is 12.8 Å². The van der Waals surface area contributed by atoms with Crippen molar-refractivity contribution in [3.8, 4) is 0 Å². The molecule has 16 heavy (non-hydrogen) atoms. The van der Waals surface area contributed by atoms with Gasteiger partial charge in [0.05, 0.1) is 0 Å². The number of carboxylic acids is 1. The first-order valence-electron chi connectivity index (χ1n) is 6.25. The van der Waals surface area contributed by atoms with Gasteiger partial charge >= 0.3 is 5.97 Å². The SMILES string of the molecule is C/C(=C\[C@@H]1C[C@H]2C[C@H]([C@@H]1C)C2(C)C)C(=O)O. The Bertz CT molecular complexity index is 341. The number of carboxylic acid groups (broad SMARTS) is 1. The fourth-order valence-electron chi connectivity index (χ4n) is 3.80. The highest BCUT2D eigenvalue weighted by Gasteiger charge is 2.55. The average Bonchev–Trinajstić information content (AvgIpc) is 2.19. The molecule has 0 aliphatic heterocycles. The van der Waals surface area contributed by atoms with Crippen molar-refractivity contribution in [2.24, 2.45) is 29.1 Å². The van der Waals surface area contributed by atoms with Crippen LogP contribution in [0.1, 0.15) is 40.5 Å². The average molecular weight is 222 g/mol. The molecule has 0 amide bonds. The van der Waals surface area contributed by atoms with Gasteiger partial charge in [-0.2, -0.15) is 0 Å². The Kier molecular flexibility index (Phi) is 2.64. The molecule has 2 heteroatoms. The predicted molar refractivity (Wildman–Crippen MR) is 64.0 cm³/mol. The van der Waals surface area contributed by atoms with Crippen LogP contribution in [0.15, 0.2) is 11.6 Å². The number of allylic oxidation sites excluding steroid dienone is 1. The van der Waals surface area contributed by atoms with E-state index in [1.54, 1.807) is 6.92 Å². The Morgan fingerprint density at radius 3 is 2.44 bits per heavy atom. The van der Waals surface area contributed by atoms with Crippen molar-refractivity contribution in [3.63, 3.8) is 0 Å². The van der Waals surface area contributed by atoms with Crippen LogP contribution in [0.5, 0.6) is 0 Å². The summed E-state index contributed by atoms with van der Waals surface area (Å²) in [6, 6.07) is 0. The van der Waals surface area contributed by atoms with Crippen LogP contribution in [-0.2, 0) is 4.79 Å². The van der Waals surface area contributed by atoms with E-state index in [0.717, 1.165) is 11.8 Å². The molecule has 1 N–H and O–H groups in total. The molecule has 4 atom stereocenters. The van der Waals surface area contributed by atoms with Crippen LogP contribution < -0.4 is 0 Å². The maximum Gasteiger partial charge on any atom is 0.330 e. The summed E-state index contributed by atoms with van der Waals surface area (Å²) in [7, 11) is 0. The number of fused-ring (bicyclic) bond motifs is 2. The van der Waals surface area contributed by atoms with E-state index in [1.807, 2.05) is 6.08 Å². The predicted octanol–water partition coefficient (Wildman–Crippen LogP) is 3.34. The molecule has 0 aromatic rings. The first-order valence-corrected chi connectivity index (χ1v) is 6.25. The fraction of sp³-hybridized carbons (Fsp3) is 0.786. The van der Waals surface area contributed by atoms with E-state index >= 15 is 0 Å². The van der Waals surface area contributed by atoms with Gasteiger partial charge < -0.3 is 5.11 Å². The van der Waals surface area contributed by atoms with Gasteiger partial charge in [0.25, 0.3) is 0 Å². The minimum Gasteiger partial charge on any atom is -0.478 e. The Labute approximate surface area is 97.7 Å². The monoisotopic (exact) mass is 222 g/mol. The van der Waals surface area contributed by atoms with Crippen LogP contribution in [0, 0.1) is 29.1 Å². The molecule has 0 heterocycles. The number of rotatable bonds is 2. The molecule has 2 bridgehead atoms. The maximum absolute atomic E-state index is 10.8. The van der Waals surface area contributed by atoms with Gasteiger partial charge in [-0.15, -0.1) is 0 Å². The summed E-state index contributed by atoms with van der Waals surface area (Å²) >= 11 is 0. The van der Waals surface area contributed by atoms with Crippen molar-refractivity contribution in [1.82, 2.24) is 0 Å². The van der Waals surface area contributed by atoms with Gasteiger partial charge in [-0.3, -0.25) is 0 Å². The molecule has 0 aromatic carbocycles. The second-order valence-corrected chi connectivity index (χ2v) is 6.27. The van der Waals surface area contributed by atoms with Crippen LogP contribution in [0.4, 0.5) is 0 Å². The summed E-state index contributed by atoms with van der Waals surface area (Å²) in [5, 5.41) is 8.91. The summed E-state index contributed by atoms with van der Waals surface area (Å²) in [4.78, 5) is 10.8. The van der Waals surface area contributed by atoms with Crippen LogP contribution in [0.25, 0.3) is 0 Å². The zero-order valence-corrected chi connectivity index (χ0v) is 10.7. The van der Waals surface area contributed by atoms with Gasteiger partial charge in [0.1, 0.15) is 0 Å². The van der Waals surface area contributed by atoms with Crippen LogP contribution >= 0.6 is 0 Å². The van der Waals surface area contributed by atoms with E-state index in [-0.39, 0.29) is 0 Å². The van der Waals surface area contributed by atoms with Gasteiger partial charge in [-0.25, -0.2) is 4.79 Å². The van der Waals surface area contributed by atoms with Crippen molar-refractivity contribution >= 4 is 5.97 Å². The van der Waals surface area contributed by atoms with Crippen molar-refractivity contribution in [2.45, 2.75) is 40.5 Å². The molecular weight excluding hydrogens is 200 g/mol. The van der Waals surface area contributed by atoms with Gasteiger partial charge in [0.2, 0.25) is 0 Å². The van der Waals surface area contributed by atoms with Gasteiger partial charge in [0, 0.05) is 5.57 Å². The lowest BCUT2D eigenvalue weighted by Crippen LogP contribution is -2.54. The lowest BCUT2D eigenvalue weighted by molar-refractivity contribution is -0.133. The maximum atomic E-state index is 10.8. The van der Waals surface area contributed by atoms with Crippen molar-refractivity contribution < 1.29 is 9.90 Å². The third-order valence-electron chi connectivity index (χ3n) is 5.21. The van der Waals surface area contributed by atoms with Crippen molar-refractivity contribution in [2.75, 3.05) is 0 Å². The van der Waals surface area contributed by atoms with E-state index in [2.05, 4.69) is 20.8 Å². The normalized spacial score (nSPS) is 41.4. The first kappa shape index (κ1) is 11.7. The number of hydrogen-bond acceptors (Lipinski definition) is 1. The summed E-state index contributed by atoms with van der Waals surface area (Å²) in [5.74, 6) is 1.93. The van der Waals surface area contributed by atoms with Crippen molar-refractivity contribution in [1.29, 1.82) is 0 Å². The Hall–Kier alpha value is -0.790. The highest BCUT2D eigenvalue weighted by molar-refractivity contribution is 5.85. The van der Waals surface area contributed by atoms with Crippen molar-refractivity contribution in [3.05, 3.63) is 11.6 Å². The fourth-order valence-corrected chi connectivity index (χ4v) is 3.80. The second-order valence-electron chi connectivity index (χ2n) is 6.27. The Morgan fingerprint density at radius 2 is 2.00 bits per heavy atom. The highest BCUT2D eigenvalue weighted by atomic mass is 16.4. The molecule has 90 valence electrons. The lowest BCUT2D eigenvalue weighted by atomic mass is 9.43. The van der Waals surface area contributed by atoms with Gasteiger partial charge in [0.15, 0.2) is 0 Å². The zero-order valence-electron chi connectivity index (χ0n) is 10.7. The Morgan fingerprint density at radius 1 is 1.38 bits per heavy atom. The third kappa shape index (κ3) is 1.59. The topological polar surface area (TPSA) is 37.3 Å². The first-order chi connectivity index (χ1) is 7.34. The minimum absolute atomic E-state index is 0.480. The van der Waals surface area contributed by atoms with E-state index < -0.39 is 5.97 Å². The quantitative estimate of drug-likeness (QED) is 0.728. The summed E-state index contributed by atoms with van der Waals surface area (Å²) in [6.07, 6.45) is 4.52. The smallest absolute Gasteiger partial charge is 0.330 e. The van der Waals surface area contributed by atoms with Gasteiger partial charge in [-0.1, -0.05) is 26.8 Å². The van der Waals surface area contributed by atoms with E-state index in [4.69, 9.17) is 5.11 Å². The van der Waals surface area contributed by atoms with Crippen LogP contribution in [-0.4, -0.2) is 11.1 Å². The molecule has 0 saturated heterocycles. The largest absolute Gasteiger partial charge is 0.478 e. The molecule has 0 unspecified atom stereocenters. The molecular formula is C14H22O2. The third-order valence-corrected chi connectivity index (χ3v) is 5.21. The molecule has 3 aliphatic rings. The number of aliphatic carboxylic acids is 1. The van der Waals surface area contributed by atoms with Gasteiger partial charge in [-0.05, 0) is 48.9 Å². The standard InChI is InChI=1S/C14H22O2/c1-8(13(15)16)5-10-6-11-7-12(9(10)2)14(11,3)4/h5,9-12H,6-7H2,1-4H3,(H,15,16)/b8-5+/t9-,10-,11+,12-/m1/s1. The summed E-state index contributed by atoms with van der Waals surface area (Å²) in [6.45, 7) is 8.73. The molecule has 3 saturated carbocycles. The van der Waals surface area contributed by atoms with E-state index in [9.17, 15) is 4.79 Å². The summed E-state index contributed by atoms with van der Waals surface area (Å²) in [5.41, 5.74) is 0.997. The number of hydrogen-bond donors (Lipinski definition) is 1. The Balaban J connectivity index is 2.12. The molecule has 0 radical (unpaired) electrons. The van der Waals surface area contributed by atoms with Crippen LogP contribution in [0.3, 0.4) is 0 Å². The number of carbonyl (C=O) groups is 1. The molecule has 3 rings (SSSR count). The second kappa shape index (κ2) is 3.61. The van der Waals surface area contributed by atoms with Crippen LogP contribution in [0.2, 0.25) is 0 Å². The molecule has 0 spiro atoms. The highest BCUT2D eigenvalue weighted by Crippen LogP contribution is 2.63. The molecule has 3 aliphatic carbocycles.